The van der Waals surface area contributed by atoms with Gasteiger partial charge in [-0.1, -0.05) is 32.0 Å². The van der Waals surface area contributed by atoms with Crippen LogP contribution in [0.1, 0.15) is 38.7 Å². The lowest BCUT2D eigenvalue weighted by atomic mass is 9.85. The third-order valence-electron chi connectivity index (χ3n) is 4.67. The van der Waals surface area contributed by atoms with Crippen molar-refractivity contribution >= 4 is 16.7 Å². The third kappa shape index (κ3) is 3.03. The monoisotopic (exact) mass is 283 g/mol. The number of benzene rings is 1. The first-order valence-electron chi connectivity index (χ1n) is 7.93. The summed E-state index contributed by atoms with van der Waals surface area (Å²) < 4.78 is 0. The highest BCUT2D eigenvalue weighted by atomic mass is 15.2. The van der Waals surface area contributed by atoms with Crippen molar-refractivity contribution in [3.8, 4) is 0 Å². The van der Waals surface area contributed by atoms with E-state index in [-0.39, 0.29) is 0 Å². The first-order chi connectivity index (χ1) is 10.1. The molecule has 3 heteroatoms. The van der Waals surface area contributed by atoms with Crippen molar-refractivity contribution < 1.29 is 0 Å². The Morgan fingerprint density at radius 1 is 1.19 bits per heavy atom. The molecule has 2 N–H and O–H groups in total. The van der Waals surface area contributed by atoms with Crippen LogP contribution in [0.5, 0.6) is 0 Å². The molecule has 1 aromatic heterocycles. The highest BCUT2D eigenvalue weighted by Gasteiger charge is 2.24. The van der Waals surface area contributed by atoms with Gasteiger partial charge in [-0.2, -0.15) is 0 Å². The molecule has 1 saturated heterocycles. The molecule has 1 aliphatic heterocycles. The Hall–Kier alpha value is -1.61. The third-order valence-corrected chi connectivity index (χ3v) is 4.67. The Labute approximate surface area is 127 Å². The summed E-state index contributed by atoms with van der Waals surface area (Å²) in [4.78, 5) is 7.30. The van der Waals surface area contributed by atoms with Crippen LogP contribution in [0.4, 0.5) is 5.82 Å². The molecule has 0 atom stereocenters. The van der Waals surface area contributed by atoms with Gasteiger partial charge in [-0.15, -0.1) is 0 Å². The molecule has 2 heterocycles. The molecule has 0 aliphatic carbocycles. The van der Waals surface area contributed by atoms with Gasteiger partial charge in [0.1, 0.15) is 5.82 Å². The minimum Gasteiger partial charge on any atom is -0.357 e. The quantitative estimate of drug-likeness (QED) is 0.913. The van der Waals surface area contributed by atoms with Gasteiger partial charge in [0.25, 0.3) is 0 Å². The zero-order valence-electron chi connectivity index (χ0n) is 13.1. The number of pyridine rings is 1. The van der Waals surface area contributed by atoms with Gasteiger partial charge in [-0.3, -0.25) is 0 Å². The molecule has 3 rings (SSSR count). The molecule has 1 aliphatic rings. The maximum absolute atomic E-state index is 5.94. The molecule has 1 fully saturated rings. The number of aromatic nitrogens is 1. The zero-order chi connectivity index (χ0) is 14.9. The van der Waals surface area contributed by atoms with Gasteiger partial charge >= 0.3 is 0 Å². The van der Waals surface area contributed by atoms with Crippen LogP contribution in [-0.2, 0) is 6.54 Å². The number of anilines is 1. The molecule has 3 nitrogen and oxygen atoms in total. The SMILES string of the molecule is CC1(C)CCCN(c2cc(CN)c3ccccc3n2)CC1. The van der Waals surface area contributed by atoms with Crippen molar-refractivity contribution in [3.63, 3.8) is 0 Å². The lowest BCUT2D eigenvalue weighted by molar-refractivity contribution is 0.325. The largest absolute Gasteiger partial charge is 0.357 e. The Kier molecular flexibility index (Phi) is 3.85. The van der Waals surface area contributed by atoms with Crippen LogP contribution in [0, 0.1) is 5.41 Å². The summed E-state index contributed by atoms with van der Waals surface area (Å²) in [5, 5.41) is 1.18. The fourth-order valence-electron chi connectivity index (χ4n) is 3.21. The Bertz CT molecular complexity index is 633. The van der Waals surface area contributed by atoms with Gasteiger partial charge in [0.05, 0.1) is 5.52 Å². The van der Waals surface area contributed by atoms with Gasteiger partial charge in [0.2, 0.25) is 0 Å². The van der Waals surface area contributed by atoms with Crippen molar-refractivity contribution in [3.05, 3.63) is 35.9 Å². The number of hydrogen-bond donors (Lipinski definition) is 1. The fraction of sp³-hybridized carbons (Fsp3) is 0.500. The van der Waals surface area contributed by atoms with E-state index < -0.39 is 0 Å². The molecule has 21 heavy (non-hydrogen) atoms. The van der Waals surface area contributed by atoms with Crippen LogP contribution in [0.15, 0.2) is 30.3 Å². The molecule has 0 amide bonds. The van der Waals surface area contributed by atoms with Crippen molar-refractivity contribution in [1.29, 1.82) is 0 Å². The molecule has 0 spiro atoms. The maximum Gasteiger partial charge on any atom is 0.129 e. The van der Waals surface area contributed by atoms with Crippen molar-refractivity contribution in [2.45, 2.75) is 39.7 Å². The molecule has 112 valence electrons. The summed E-state index contributed by atoms with van der Waals surface area (Å²) in [6, 6.07) is 10.5. The summed E-state index contributed by atoms with van der Waals surface area (Å²) in [6.07, 6.45) is 3.75. The number of hydrogen-bond acceptors (Lipinski definition) is 3. The lowest BCUT2D eigenvalue weighted by Crippen LogP contribution is -2.26. The van der Waals surface area contributed by atoms with Gasteiger partial charge in [0.15, 0.2) is 0 Å². The molecule has 0 bridgehead atoms. The van der Waals surface area contributed by atoms with Crippen LogP contribution < -0.4 is 10.6 Å². The Morgan fingerprint density at radius 3 is 2.81 bits per heavy atom. The summed E-state index contributed by atoms with van der Waals surface area (Å²) in [5.41, 5.74) is 8.64. The van der Waals surface area contributed by atoms with Crippen LogP contribution >= 0.6 is 0 Å². The topological polar surface area (TPSA) is 42.1 Å². The second kappa shape index (κ2) is 5.64. The zero-order valence-corrected chi connectivity index (χ0v) is 13.1. The highest BCUT2D eigenvalue weighted by Crippen LogP contribution is 2.32. The fourth-order valence-corrected chi connectivity index (χ4v) is 3.21. The van der Waals surface area contributed by atoms with E-state index >= 15 is 0 Å². The van der Waals surface area contributed by atoms with Gasteiger partial charge in [-0.05, 0) is 42.4 Å². The predicted molar refractivity (Wildman–Crippen MR) is 89.5 cm³/mol. The van der Waals surface area contributed by atoms with Crippen LogP contribution in [-0.4, -0.2) is 18.1 Å². The van der Waals surface area contributed by atoms with Gasteiger partial charge < -0.3 is 10.6 Å². The van der Waals surface area contributed by atoms with E-state index in [0.717, 1.165) is 24.4 Å². The van der Waals surface area contributed by atoms with E-state index in [1.165, 1.54) is 30.2 Å². The molecule has 0 unspecified atom stereocenters. The lowest BCUT2D eigenvalue weighted by Gasteiger charge is -2.24. The van der Waals surface area contributed by atoms with E-state index in [4.69, 9.17) is 10.7 Å². The maximum atomic E-state index is 5.94. The summed E-state index contributed by atoms with van der Waals surface area (Å²) in [5.74, 6) is 1.09. The first kappa shape index (κ1) is 14.3. The number of nitrogens with zero attached hydrogens (tertiary/aromatic N) is 2. The van der Waals surface area contributed by atoms with Crippen LogP contribution in [0.2, 0.25) is 0 Å². The molecular weight excluding hydrogens is 258 g/mol. The highest BCUT2D eigenvalue weighted by molar-refractivity contribution is 5.84. The standard InChI is InChI=1S/C18H25N3/c1-18(2)8-5-10-21(11-9-18)17-12-14(13-19)15-6-3-4-7-16(15)20-17/h3-4,6-7,12H,5,8-11,13,19H2,1-2H3. The smallest absolute Gasteiger partial charge is 0.129 e. The second-order valence-corrected chi connectivity index (χ2v) is 6.87. The van der Waals surface area contributed by atoms with Crippen molar-refractivity contribution in [2.24, 2.45) is 11.1 Å². The molecule has 2 aromatic rings. The van der Waals surface area contributed by atoms with E-state index in [1.807, 2.05) is 6.07 Å². The Morgan fingerprint density at radius 2 is 2.00 bits per heavy atom. The van der Waals surface area contributed by atoms with E-state index in [1.54, 1.807) is 0 Å². The van der Waals surface area contributed by atoms with Crippen molar-refractivity contribution in [1.82, 2.24) is 4.98 Å². The number of rotatable bonds is 2. The minimum absolute atomic E-state index is 0.447. The normalized spacial score (nSPS) is 18.7. The average molecular weight is 283 g/mol. The number of para-hydroxylation sites is 1. The van der Waals surface area contributed by atoms with Crippen molar-refractivity contribution in [2.75, 3.05) is 18.0 Å². The molecular formula is C18H25N3. The summed E-state index contributed by atoms with van der Waals surface area (Å²) in [6.45, 7) is 7.49. The van der Waals surface area contributed by atoms with Gasteiger partial charge in [0, 0.05) is 25.0 Å². The minimum atomic E-state index is 0.447. The average Bonchev–Trinajstić information content (AvgIpc) is 2.67. The summed E-state index contributed by atoms with van der Waals surface area (Å²) in [7, 11) is 0. The predicted octanol–water partition coefficient (Wildman–Crippen LogP) is 3.71. The van der Waals surface area contributed by atoms with Gasteiger partial charge in [-0.25, -0.2) is 4.98 Å². The summed E-state index contributed by atoms with van der Waals surface area (Å²) >= 11 is 0. The first-order valence-corrected chi connectivity index (χ1v) is 7.93. The molecule has 1 aromatic carbocycles. The molecule has 0 saturated carbocycles. The van der Waals surface area contributed by atoms with E-state index in [2.05, 4.69) is 43.0 Å². The molecule has 0 radical (unpaired) electrons. The van der Waals surface area contributed by atoms with E-state index in [9.17, 15) is 0 Å². The second-order valence-electron chi connectivity index (χ2n) is 6.87. The van der Waals surface area contributed by atoms with Crippen LogP contribution in [0.25, 0.3) is 10.9 Å². The van der Waals surface area contributed by atoms with Crippen LogP contribution in [0.3, 0.4) is 0 Å². The Balaban J connectivity index is 1.96. The van der Waals surface area contributed by atoms with E-state index in [0.29, 0.717) is 12.0 Å². The number of nitrogens with two attached hydrogens (primary N) is 1. The number of fused-ring (bicyclic) bond motifs is 1.